The Morgan fingerprint density at radius 3 is 2.62 bits per heavy atom. The number of nitrogens with two attached hydrogens (primary N) is 1. The fourth-order valence-corrected chi connectivity index (χ4v) is 1.45. The van der Waals surface area contributed by atoms with E-state index >= 15 is 0 Å². The Labute approximate surface area is 96.2 Å². The van der Waals surface area contributed by atoms with Crippen molar-refractivity contribution in [1.82, 2.24) is 19.9 Å². The van der Waals surface area contributed by atoms with E-state index in [1.165, 1.54) is 0 Å². The number of hydrogen-bond donors (Lipinski definition) is 1. The number of aromatic nitrogens is 3. The molecule has 1 aromatic heterocycles. The zero-order valence-corrected chi connectivity index (χ0v) is 9.55. The summed E-state index contributed by atoms with van der Waals surface area (Å²) in [5.41, 5.74) is 6.38. The lowest BCUT2D eigenvalue weighted by Gasteiger charge is -2.16. The van der Waals surface area contributed by atoms with Crippen molar-refractivity contribution in [2.45, 2.75) is 13.1 Å². The molecule has 0 saturated carbocycles. The van der Waals surface area contributed by atoms with Crippen LogP contribution in [0.25, 0.3) is 0 Å². The SMILES string of the molecule is C=CCN(CC=C)Cc1cn(CCN)nn1. The predicted molar refractivity (Wildman–Crippen MR) is 64.7 cm³/mol. The van der Waals surface area contributed by atoms with Gasteiger partial charge in [-0.1, -0.05) is 17.4 Å². The third-order valence-corrected chi connectivity index (χ3v) is 2.10. The molecular formula is C11H19N5. The minimum atomic E-state index is 0.575. The third kappa shape index (κ3) is 3.96. The van der Waals surface area contributed by atoms with Crippen molar-refractivity contribution in [1.29, 1.82) is 0 Å². The van der Waals surface area contributed by atoms with Crippen LogP contribution in [0.5, 0.6) is 0 Å². The quantitative estimate of drug-likeness (QED) is 0.646. The number of hydrogen-bond acceptors (Lipinski definition) is 4. The van der Waals surface area contributed by atoms with E-state index in [1.807, 2.05) is 18.3 Å². The second kappa shape index (κ2) is 6.92. The van der Waals surface area contributed by atoms with Gasteiger partial charge >= 0.3 is 0 Å². The first-order valence-corrected chi connectivity index (χ1v) is 5.33. The highest BCUT2D eigenvalue weighted by Gasteiger charge is 2.05. The summed E-state index contributed by atoms with van der Waals surface area (Å²) in [4.78, 5) is 2.18. The van der Waals surface area contributed by atoms with Crippen LogP contribution in [-0.2, 0) is 13.1 Å². The Morgan fingerprint density at radius 1 is 1.38 bits per heavy atom. The van der Waals surface area contributed by atoms with E-state index in [4.69, 9.17) is 5.73 Å². The minimum absolute atomic E-state index is 0.575. The van der Waals surface area contributed by atoms with Crippen molar-refractivity contribution in [2.24, 2.45) is 5.73 Å². The fourth-order valence-electron chi connectivity index (χ4n) is 1.45. The van der Waals surface area contributed by atoms with Gasteiger partial charge < -0.3 is 5.73 Å². The van der Waals surface area contributed by atoms with Gasteiger partial charge in [0.25, 0.3) is 0 Å². The van der Waals surface area contributed by atoms with Gasteiger partial charge in [0.05, 0.1) is 12.2 Å². The third-order valence-electron chi connectivity index (χ3n) is 2.10. The van der Waals surface area contributed by atoms with E-state index in [9.17, 15) is 0 Å². The van der Waals surface area contributed by atoms with Gasteiger partial charge in [-0.15, -0.1) is 18.3 Å². The first kappa shape index (κ1) is 12.6. The smallest absolute Gasteiger partial charge is 0.0967 e. The monoisotopic (exact) mass is 221 g/mol. The summed E-state index contributed by atoms with van der Waals surface area (Å²) in [6.07, 6.45) is 5.66. The Morgan fingerprint density at radius 2 is 2.06 bits per heavy atom. The van der Waals surface area contributed by atoms with E-state index in [0.717, 1.165) is 25.3 Å². The van der Waals surface area contributed by atoms with E-state index < -0.39 is 0 Å². The van der Waals surface area contributed by atoms with E-state index in [-0.39, 0.29) is 0 Å². The van der Waals surface area contributed by atoms with Gasteiger partial charge in [-0.25, -0.2) is 0 Å². The number of nitrogens with zero attached hydrogens (tertiary/aromatic N) is 4. The van der Waals surface area contributed by atoms with Gasteiger partial charge in [0.2, 0.25) is 0 Å². The molecule has 1 heterocycles. The van der Waals surface area contributed by atoms with Crippen molar-refractivity contribution >= 4 is 0 Å². The second-order valence-electron chi connectivity index (χ2n) is 3.53. The maximum Gasteiger partial charge on any atom is 0.0967 e. The molecule has 0 unspecified atom stereocenters. The van der Waals surface area contributed by atoms with E-state index in [0.29, 0.717) is 13.1 Å². The Hall–Kier alpha value is -1.46. The molecule has 0 atom stereocenters. The molecule has 0 aromatic carbocycles. The first-order chi connectivity index (χ1) is 7.80. The summed E-state index contributed by atoms with van der Waals surface area (Å²) in [5.74, 6) is 0. The normalized spacial score (nSPS) is 10.6. The van der Waals surface area contributed by atoms with E-state index in [1.54, 1.807) is 4.68 Å². The summed E-state index contributed by atoms with van der Waals surface area (Å²) >= 11 is 0. The van der Waals surface area contributed by atoms with Crippen LogP contribution in [0.15, 0.2) is 31.5 Å². The van der Waals surface area contributed by atoms with Crippen LogP contribution in [0, 0.1) is 0 Å². The van der Waals surface area contributed by atoms with Crippen molar-refractivity contribution in [2.75, 3.05) is 19.6 Å². The molecule has 1 rings (SSSR count). The van der Waals surface area contributed by atoms with Gasteiger partial charge in [0, 0.05) is 32.4 Å². The molecule has 88 valence electrons. The summed E-state index contributed by atoms with van der Waals surface area (Å²) in [6.45, 7) is 11.1. The van der Waals surface area contributed by atoms with Crippen LogP contribution < -0.4 is 5.73 Å². The zero-order chi connectivity index (χ0) is 11.8. The molecule has 0 aliphatic rings. The van der Waals surface area contributed by atoms with Gasteiger partial charge in [0.15, 0.2) is 0 Å². The molecule has 16 heavy (non-hydrogen) atoms. The predicted octanol–water partition coefficient (Wildman–Crippen LogP) is 0.411. The molecule has 0 aliphatic heterocycles. The summed E-state index contributed by atoms with van der Waals surface area (Å²) < 4.78 is 1.76. The average Bonchev–Trinajstić information content (AvgIpc) is 2.67. The van der Waals surface area contributed by atoms with Crippen LogP contribution in [0.3, 0.4) is 0 Å². The minimum Gasteiger partial charge on any atom is -0.329 e. The van der Waals surface area contributed by atoms with Gasteiger partial charge in [-0.2, -0.15) is 0 Å². The van der Waals surface area contributed by atoms with Crippen LogP contribution in [0.1, 0.15) is 5.69 Å². The first-order valence-electron chi connectivity index (χ1n) is 5.33. The summed E-state index contributed by atoms with van der Waals surface area (Å²) in [5, 5.41) is 8.07. The molecule has 5 heteroatoms. The van der Waals surface area contributed by atoms with Crippen molar-refractivity contribution in [3.05, 3.63) is 37.2 Å². The number of rotatable bonds is 8. The molecule has 2 N–H and O–H groups in total. The Balaban J connectivity index is 2.54. The topological polar surface area (TPSA) is 60.0 Å². The summed E-state index contributed by atoms with van der Waals surface area (Å²) in [6, 6.07) is 0. The molecule has 0 radical (unpaired) electrons. The molecule has 0 spiro atoms. The van der Waals surface area contributed by atoms with Crippen molar-refractivity contribution in [3.63, 3.8) is 0 Å². The highest BCUT2D eigenvalue weighted by Crippen LogP contribution is 2.00. The Kier molecular flexibility index (Phi) is 5.45. The summed E-state index contributed by atoms with van der Waals surface area (Å²) in [7, 11) is 0. The molecule has 0 saturated heterocycles. The van der Waals surface area contributed by atoms with E-state index in [2.05, 4.69) is 28.4 Å². The second-order valence-corrected chi connectivity index (χ2v) is 3.53. The molecule has 5 nitrogen and oxygen atoms in total. The largest absolute Gasteiger partial charge is 0.329 e. The van der Waals surface area contributed by atoms with Crippen LogP contribution in [0.4, 0.5) is 0 Å². The van der Waals surface area contributed by atoms with Crippen LogP contribution in [-0.4, -0.2) is 39.5 Å². The maximum atomic E-state index is 5.44. The van der Waals surface area contributed by atoms with Crippen molar-refractivity contribution < 1.29 is 0 Å². The highest BCUT2D eigenvalue weighted by molar-refractivity contribution is 4.94. The molecule has 0 amide bonds. The Bertz CT molecular complexity index is 321. The van der Waals surface area contributed by atoms with Gasteiger partial charge in [-0.3, -0.25) is 9.58 Å². The molecule has 1 aromatic rings. The molecule has 0 bridgehead atoms. The fraction of sp³-hybridized carbons (Fsp3) is 0.455. The lowest BCUT2D eigenvalue weighted by molar-refractivity contribution is 0.323. The standard InChI is InChI=1S/C11H19N5/c1-3-6-15(7-4-2)9-11-10-16(8-5-12)14-13-11/h3-4,10H,1-2,5-9,12H2. The lowest BCUT2D eigenvalue weighted by Crippen LogP contribution is -2.23. The van der Waals surface area contributed by atoms with Crippen LogP contribution >= 0.6 is 0 Å². The molecular weight excluding hydrogens is 202 g/mol. The average molecular weight is 221 g/mol. The highest BCUT2D eigenvalue weighted by atomic mass is 15.4. The van der Waals surface area contributed by atoms with Crippen LogP contribution in [0.2, 0.25) is 0 Å². The maximum absolute atomic E-state index is 5.44. The molecule has 0 aliphatic carbocycles. The van der Waals surface area contributed by atoms with Crippen molar-refractivity contribution in [3.8, 4) is 0 Å². The molecule has 0 fully saturated rings. The van der Waals surface area contributed by atoms with Gasteiger partial charge in [-0.05, 0) is 0 Å². The zero-order valence-electron chi connectivity index (χ0n) is 9.55. The van der Waals surface area contributed by atoms with Gasteiger partial charge in [0.1, 0.15) is 0 Å². The lowest BCUT2D eigenvalue weighted by atomic mass is 10.4.